The van der Waals surface area contributed by atoms with Crippen molar-refractivity contribution in [1.29, 1.82) is 0 Å². The van der Waals surface area contributed by atoms with Crippen LogP contribution in [-0.4, -0.2) is 17.9 Å². The number of nitrogens with one attached hydrogen (secondary N) is 1. The monoisotopic (exact) mass is 223 g/mol. The van der Waals surface area contributed by atoms with Crippen LogP contribution in [0.1, 0.15) is 13.3 Å². The minimum absolute atomic E-state index is 0.0565. The van der Waals surface area contributed by atoms with Crippen LogP contribution in [0.5, 0.6) is 5.75 Å². The van der Waals surface area contributed by atoms with Gasteiger partial charge in [-0.3, -0.25) is 4.79 Å². The van der Waals surface area contributed by atoms with E-state index in [0.717, 1.165) is 11.4 Å². The van der Waals surface area contributed by atoms with Gasteiger partial charge in [-0.2, -0.15) is 0 Å². The molecule has 0 heterocycles. The molecule has 0 saturated heterocycles. The van der Waals surface area contributed by atoms with Crippen molar-refractivity contribution in [3.8, 4) is 5.75 Å². The summed E-state index contributed by atoms with van der Waals surface area (Å²) in [4.78, 5) is 11.3. The number of rotatable bonds is 4. The first kappa shape index (κ1) is 11.7. The van der Waals surface area contributed by atoms with Crippen molar-refractivity contribution in [2.75, 3.05) is 12.4 Å². The Hall–Kier alpha value is -1.42. The van der Waals surface area contributed by atoms with Gasteiger partial charge in [0, 0.05) is 5.69 Å². The summed E-state index contributed by atoms with van der Waals surface area (Å²) >= 11 is 5.01. The molecule has 0 amide bonds. The van der Waals surface area contributed by atoms with Gasteiger partial charge >= 0.3 is 0 Å². The van der Waals surface area contributed by atoms with Crippen LogP contribution in [0.3, 0.4) is 0 Å². The zero-order chi connectivity index (χ0) is 11.3. The number of ketones is 1. The first-order valence-corrected chi connectivity index (χ1v) is 4.96. The van der Waals surface area contributed by atoms with Gasteiger partial charge in [-0.25, -0.2) is 0 Å². The van der Waals surface area contributed by atoms with Crippen molar-refractivity contribution in [2.24, 2.45) is 0 Å². The van der Waals surface area contributed by atoms with E-state index in [1.54, 1.807) is 7.11 Å². The van der Waals surface area contributed by atoms with Crippen LogP contribution in [0, 0.1) is 0 Å². The third-order valence-corrected chi connectivity index (χ3v) is 2.03. The van der Waals surface area contributed by atoms with Crippen molar-refractivity contribution in [2.45, 2.75) is 13.3 Å². The van der Waals surface area contributed by atoms with E-state index in [2.05, 4.69) is 5.32 Å². The zero-order valence-electron chi connectivity index (χ0n) is 8.74. The average molecular weight is 223 g/mol. The summed E-state index contributed by atoms with van der Waals surface area (Å²) in [6.45, 7) is 1.52. The third-order valence-electron chi connectivity index (χ3n) is 1.78. The normalized spacial score (nSPS) is 9.47. The molecule has 0 aliphatic rings. The molecule has 1 aromatic rings. The number of methoxy groups -OCH3 is 1. The maximum absolute atomic E-state index is 10.8. The SMILES string of the molecule is COc1ccc(NC(=S)CC(C)=O)cc1. The highest BCUT2D eigenvalue weighted by Crippen LogP contribution is 2.15. The summed E-state index contributed by atoms with van der Waals surface area (Å²) in [5.41, 5.74) is 0.863. The van der Waals surface area contributed by atoms with Crippen LogP contribution in [0.4, 0.5) is 5.69 Å². The number of Topliss-reactive ketones (excluding diaryl/α,β-unsaturated/α-hetero) is 1. The Morgan fingerprint density at radius 2 is 2.00 bits per heavy atom. The van der Waals surface area contributed by atoms with Crippen molar-refractivity contribution < 1.29 is 9.53 Å². The molecule has 15 heavy (non-hydrogen) atoms. The fraction of sp³-hybridized carbons (Fsp3) is 0.273. The number of thiocarbonyl (C=S) groups is 1. The highest BCUT2D eigenvalue weighted by atomic mass is 32.1. The molecule has 0 spiro atoms. The minimum atomic E-state index is 0.0565. The van der Waals surface area contributed by atoms with Crippen LogP contribution in [-0.2, 0) is 4.79 Å². The van der Waals surface area contributed by atoms with E-state index in [9.17, 15) is 4.79 Å². The number of carbonyl (C=O) groups is 1. The van der Waals surface area contributed by atoms with Crippen LogP contribution in [0.2, 0.25) is 0 Å². The van der Waals surface area contributed by atoms with Crippen molar-refractivity contribution in [1.82, 2.24) is 0 Å². The van der Waals surface area contributed by atoms with Crippen LogP contribution >= 0.6 is 12.2 Å². The predicted molar refractivity (Wildman–Crippen MR) is 64.5 cm³/mol. The molecular weight excluding hydrogens is 210 g/mol. The third kappa shape index (κ3) is 4.08. The highest BCUT2D eigenvalue weighted by molar-refractivity contribution is 7.80. The van der Waals surface area contributed by atoms with E-state index in [0.29, 0.717) is 4.99 Å². The van der Waals surface area contributed by atoms with E-state index in [4.69, 9.17) is 17.0 Å². The number of anilines is 1. The zero-order valence-corrected chi connectivity index (χ0v) is 9.56. The van der Waals surface area contributed by atoms with Gasteiger partial charge in [-0.15, -0.1) is 0 Å². The van der Waals surface area contributed by atoms with Gasteiger partial charge in [0.15, 0.2) is 0 Å². The Bertz CT molecular complexity index is 359. The second kappa shape index (κ2) is 5.46. The van der Waals surface area contributed by atoms with E-state index in [1.807, 2.05) is 24.3 Å². The molecule has 1 N–H and O–H groups in total. The quantitative estimate of drug-likeness (QED) is 0.795. The van der Waals surface area contributed by atoms with Gasteiger partial charge in [-0.1, -0.05) is 12.2 Å². The van der Waals surface area contributed by atoms with Crippen LogP contribution in [0.25, 0.3) is 0 Å². The van der Waals surface area contributed by atoms with Gasteiger partial charge in [0.25, 0.3) is 0 Å². The molecule has 0 unspecified atom stereocenters. The molecular formula is C11H13NO2S. The smallest absolute Gasteiger partial charge is 0.136 e. The molecule has 0 bridgehead atoms. The van der Waals surface area contributed by atoms with E-state index in [1.165, 1.54) is 6.92 Å². The van der Waals surface area contributed by atoms with Crippen molar-refractivity contribution in [3.63, 3.8) is 0 Å². The summed E-state index contributed by atoms with van der Waals surface area (Å²) in [6.07, 6.45) is 0.279. The average Bonchev–Trinajstić information content (AvgIpc) is 2.17. The number of benzene rings is 1. The summed E-state index contributed by atoms with van der Waals surface area (Å²) < 4.78 is 5.02. The number of hydrogen-bond donors (Lipinski definition) is 1. The molecule has 0 aliphatic carbocycles. The molecule has 80 valence electrons. The lowest BCUT2D eigenvalue weighted by Crippen LogP contribution is -2.12. The first-order chi connectivity index (χ1) is 7.11. The van der Waals surface area contributed by atoms with Crippen molar-refractivity contribution >= 4 is 28.7 Å². The summed E-state index contributed by atoms with van der Waals surface area (Å²) in [5.74, 6) is 0.846. The fourth-order valence-electron chi connectivity index (χ4n) is 1.11. The van der Waals surface area contributed by atoms with Crippen molar-refractivity contribution in [3.05, 3.63) is 24.3 Å². The Morgan fingerprint density at radius 3 is 2.47 bits per heavy atom. The topological polar surface area (TPSA) is 38.3 Å². The summed E-state index contributed by atoms with van der Waals surface area (Å²) in [7, 11) is 1.61. The maximum atomic E-state index is 10.8. The molecule has 1 aromatic carbocycles. The minimum Gasteiger partial charge on any atom is -0.497 e. The molecule has 1 rings (SSSR count). The molecule has 0 atom stereocenters. The van der Waals surface area contributed by atoms with E-state index >= 15 is 0 Å². The van der Waals surface area contributed by atoms with Crippen LogP contribution in [0.15, 0.2) is 24.3 Å². The molecule has 0 aromatic heterocycles. The Labute approximate surface area is 94.4 Å². The predicted octanol–water partition coefficient (Wildman–Crippen LogP) is 2.41. The van der Waals surface area contributed by atoms with E-state index < -0.39 is 0 Å². The largest absolute Gasteiger partial charge is 0.497 e. The second-order valence-corrected chi connectivity index (χ2v) is 3.65. The Morgan fingerprint density at radius 1 is 1.40 bits per heavy atom. The maximum Gasteiger partial charge on any atom is 0.136 e. The summed E-state index contributed by atoms with van der Waals surface area (Å²) in [6, 6.07) is 7.37. The van der Waals surface area contributed by atoms with Crippen LogP contribution < -0.4 is 10.1 Å². The number of hydrogen-bond acceptors (Lipinski definition) is 3. The fourth-order valence-corrected chi connectivity index (χ4v) is 1.43. The molecule has 3 nitrogen and oxygen atoms in total. The lowest BCUT2D eigenvalue weighted by atomic mass is 10.2. The molecule has 0 radical (unpaired) electrons. The Kier molecular flexibility index (Phi) is 4.24. The Balaban J connectivity index is 2.57. The molecule has 0 aliphatic heterocycles. The highest BCUT2D eigenvalue weighted by Gasteiger charge is 2.01. The molecule has 0 saturated carbocycles. The number of ether oxygens (including phenoxy) is 1. The van der Waals surface area contributed by atoms with Gasteiger partial charge in [0.2, 0.25) is 0 Å². The van der Waals surface area contributed by atoms with Gasteiger partial charge in [-0.05, 0) is 31.2 Å². The number of carbonyl (C=O) groups excluding carboxylic acids is 1. The molecule has 0 fully saturated rings. The van der Waals surface area contributed by atoms with Gasteiger partial charge in [0.1, 0.15) is 11.5 Å². The lowest BCUT2D eigenvalue weighted by Gasteiger charge is -2.06. The second-order valence-electron chi connectivity index (χ2n) is 3.16. The van der Waals surface area contributed by atoms with E-state index in [-0.39, 0.29) is 12.2 Å². The summed E-state index contributed by atoms with van der Waals surface area (Å²) in [5, 5.41) is 2.98. The standard InChI is InChI=1S/C11H13NO2S/c1-8(13)7-11(15)12-9-3-5-10(14-2)6-4-9/h3-6H,7H2,1-2H3,(H,12,15). The van der Waals surface area contributed by atoms with Gasteiger partial charge in [0.05, 0.1) is 18.5 Å². The van der Waals surface area contributed by atoms with Gasteiger partial charge < -0.3 is 10.1 Å². The molecule has 4 heteroatoms. The first-order valence-electron chi connectivity index (χ1n) is 4.55. The lowest BCUT2D eigenvalue weighted by molar-refractivity contribution is -0.115.